The summed E-state index contributed by atoms with van der Waals surface area (Å²) in [5, 5.41) is 4.67. The van der Waals surface area contributed by atoms with Crippen LogP contribution in [0.25, 0.3) is 21.3 Å². The fraction of sp³-hybridized carbons (Fsp3) is 0.0500. The topological polar surface area (TPSA) is 90.0 Å². The largest absolute Gasteiger partial charge is 0.334 e. The lowest BCUT2D eigenvalue weighted by molar-refractivity contribution is -0.113. The number of nitrogens with two attached hydrogens (primary N) is 1. The second-order valence-electron chi connectivity index (χ2n) is 6.23. The van der Waals surface area contributed by atoms with Crippen LogP contribution in [-0.2, 0) is 4.79 Å². The third-order valence-corrected chi connectivity index (χ3v) is 6.05. The highest BCUT2D eigenvalue weighted by molar-refractivity contribution is 7.99. The van der Waals surface area contributed by atoms with Crippen LogP contribution >= 0.6 is 23.1 Å². The van der Waals surface area contributed by atoms with E-state index in [-0.39, 0.29) is 16.6 Å². The van der Waals surface area contributed by atoms with Crippen LogP contribution in [0.2, 0.25) is 0 Å². The van der Waals surface area contributed by atoms with Crippen LogP contribution in [0.5, 0.6) is 0 Å². The summed E-state index contributed by atoms with van der Waals surface area (Å²) < 4.78 is 27.8. The molecular formula is C20H14F2N4O2S2. The van der Waals surface area contributed by atoms with Gasteiger partial charge in [-0.15, -0.1) is 11.3 Å². The number of nitrogens with one attached hydrogen (secondary N) is 1. The molecular weight excluding hydrogens is 430 g/mol. The van der Waals surface area contributed by atoms with Gasteiger partial charge in [-0.05, 0) is 17.7 Å². The Balaban J connectivity index is 1.57. The van der Waals surface area contributed by atoms with E-state index >= 15 is 0 Å². The van der Waals surface area contributed by atoms with Gasteiger partial charge in [-0.2, -0.15) is 0 Å². The van der Waals surface area contributed by atoms with Crippen molar-refractivity contribution >= 4 is 44.9 Å². The van der Waals surface area contributed by atoms with E-state index in [0.29, 0.717) is 10.2 Å². The van der Waals surface area contributed by atoms with Crippen molar-refractivity contribution in [1.29, 1.82) is 0 Å². The van der Waals surface area contributed by atoms with Gasteiger partial charge in [0.25, 0.3) is 5.56 Å². The number of carbonyl (C=O) groups is 1. The molecule has 0 radical (unpaired) electrons. The number of hydrogen-bond acceptors (Lipinski definition) is 6. The van der Waals surface area contributed by atoms with E-state index in [0.717, 1.165) is 45.8 Å². The lowest BCUT2D eigenvalue weighted by atomic mass is 10.1. The maximum atomic E-state index is 13.7. The molecule has 4 rings (SSSR count). The molecule has 4 aromatic rings. The lowest BCUT2D eigenvalue weighted by Crippen LogP contribution is -2.30. The number of nitrogen functional groups attached to an aromatic ring is 1. The first-order valence-corrected chi connectivity index (χ1v) is 10.5. The number of aromatic nitrogens is 2. The van der Waals surface area contributed by atoms with E-state index in [1.807, 2.05) is 35.7 Å². The first-order chi connectivity index (χ1) is 14.4. The summed E-state index contributed by atoms with van der Waals surface area (Å²) in [5.41, 5.74) is 0.918. The number of hydrogen-bond donors (Lipinski definition) is 2. The molecule has 0 fully saturated rings. The van der Waals surface area contributed by atoms with Gasteiger partial charge >= 0.3 is 0 Å². The summed E-state index contributed by atoms with van der Waals surface area (Å²) in [4.78, 5) is 29.8. The molecule has 0 unspecified atom stereocenters. The van der Waals surface area contributed by atoms with Crippen molar-refractivity contribution < 1.29 is 13.6 Å². The highest BCUT2D eigenvalue weighted by Crippen LogP contribution is 2.31. The maximum absolute atomic E-state index is 13.7. The van der Waals surface area contributed by atoms with E-state index in [1.165, 1.54) is 11.3 Å². The average Bonchev–Trinajstić information content (AvgIpc) is 3.17. The number of thiophene rings is 1. The Morgan fingerprint density at radius 2 is 1.97 bits per heavy atom. The Kier molecular flexibility index (Phi) is 5.51. The van der Waals surface area contributed by atoms with Crippen LogP contribution < -0.4 is 16.7 Å². The van der Waals surface area contributed by atoms with Crippen molar-refractivity contribution in [3.8, 4) is 11.1 Å². The second-order valence-corrected chi connectivity index (χ2v) is 8.03. The molecule has 0 aliphatic rings. The zero-order chi connectivity index (χ0) is 21.3. The molecule has 0 spiro atoms. The molecule has 6 nitrogen and oxygen atoms in total. The molecule has 3 N–H and O–H groups in total. The predicted molar refractivity (Wildman–Crippen MR) is 115 cm³/mol. The Labute approximate surface area is 177 Å². The van der Waals surface area contributed by atoms with Gasteiger partial charge in [0, 0.05) is 17.0 Å². The molecule has 152 valence electrons. The number of halogens is 2. The standard InChI is InChI=1S/C20H14F2N4O2S2/c21-12-6-7-14(22)15(8-12)24-16(27)10-30-20-25-18-17(19(28)26(20)23)13(9-29-18)11-4-2-1-3-5-11/h1-9H,10,23H2,(H,24,27). The monoisotopic (exact) mass is 444 g/mol. The van der Waals surface area contributed by atoms with Gasteiger partial charge in [0.05, 0.1) is 16.8 Å². The van der Waals surface area contributed by atoms with Gasteiger partial charge in [0.15, 0.2) is 5.16 Å². The van der Waals surface area contributed by atoms with Gasteiger partial charge in [-0.1, -0.05) is 42.1 Å². The number of nitrogens with zero attached hydrogens (tertiary/aromatic N) is 2. The van der Waals surface area contributed by atoms with E-state index in [1.54, 1.807) is 0 Å². The average molecular weight is 444 g/mol. The van der Waals surface area contributed by atoms with Crippen molar-refractivity contribution in [1.82, 2.24) is 9.66 Å². The number of thioether (sulfide) groups is 1. The van der Waals surface area contributed by atoms with Crippen LogP contribution in [0, 0.1) is 11.6 Å². The zero-order valence-electron chi connectivity index (χ0n) is 15.3. The number of rotatable bonds is 5. The molecule has 0 aliphatic heterocycles. The highest BCUT2D eigenvalue weighted by atomic mass is 32.2. The minimum Gasteiger partial charge on any atom is -0.334 e. The van der Waals surface area contributed by atoms with Crippen molar-refractivity contribution in [2.24, 2.45) is 0 Å². The van der Waals surface area contributed by atoms with Crippen molar-refractivity contribution in [2.45, 2.75) is 5.16 Å². The number of carbonyl (C=O) groups excluding carboxylic acids is 1. The third kappa shape index (κ3) is 3.91. The summed E-state index contributed by atoms with van der Waals surface area (Å²) >= 11 is 2.22. The molecule has 0 saturated carbocycles. The Morgan fingerprint density at radius 1 is 1.20 bits per heavy atom. The van der Waals surface area contributed by atoms with Crippen LogP contribution in [0.3, 0.4) is 0 Å². The fourth-order valence-corrected chi connectivity index (χ4v) is 4.53. The van der Waals surface area contributed by atoms with E-state index < -0.39 is 23.1 Å². The molecule has 0 bridgehead atoms. The van der Waals surface area contributed by atoms with Crippen LogP contribution in [0.15, 0.2) is 63.9 Å². The second kappa shape index (κ2) is 8.25. The molecule has 0 atom stereocenters. The van der Waals surface area contributed by atoms with Gasteiger partial charge in [0.1, 0.15) is 16.5 Å². The van der Waals surface area contributed by atoms with Gasteiger partial charge < -0.3 is 11.2 Å². The smallest absolute Gasteiger partial charge is 0.282 e. The van der Waals surface area contributed by atoms with E-state index in [4.69, 9.17) is 5.84 Å². The Hall–Kier alpha value is -3.24. The van der Waals surface area contributed by atoms with Crippen LogP contribution in [-0.4, -0.2) is 21.3 Å². The fourth-order valence-electron chi connectivity index (χ4n) is 2.83. The summed E-state index contributed by atoms with van der Waals surface area (Å²) in [6.07, 6.45) is 0. The SMILES string of the molecule is Nn1c(SCC(=O)Nc2cc(F)ccc2F)nc2scc(-c3ccccc3)c2c1=O. The van der Waals surface area contributed by atoms with E-state index in [2.05, 4.69) is 10.3 Å². The van der Waals surface area contributed by atoms with Gasteiger partial charge in [0.2, 0.25) is 5.91 Å². The molecule has 0 saturated heterocycles. The van der Waals surface area contributed by atoms with Crippen LogP contribution in [0.4, 0.5) is 14.5 Å². The number of amides is 1. The normalized spacial score (nSPS) is 11.0. The van der Waals surface area contributed by atoms with Crippen molar-refractivity contribution in [2.75, 3.05) is 16.9 Å². The zero-order valence-corrected chi connectivity index (χ0v) is 16.9. The first-order valence-electron chi connectivity index (χ1n) is 8.66. The Bertz CT molecular complexity index is 1310. The summed E-state index contributed by atoms with van der Waals surface area (Å²) in [6, 6.07) is 12.2. The molecule has 2 heterocycles. The lowest BCUT2D eigenvalue weighted by Gasteiger charge is -2.09. The summed E-state index contributed by atoms with van der Waals surface area (Å²) in [7, 11) is 0. The molecule has 0 aliphatic carbocycles. The highest BCUT2D eigenvalue weighted by Gasteiger charge is 2.17. The molecule has 1 amide bonds. The van der Waals surface area contributed by atoms with Crippen LogP contribution in [0.1, 0.15) is 0 Å². The molecule has 10 heteroatoms. The number of anilines is 1. The van der Waals surface area contributed by atoms with Crippen molar-refractivity contribution in [3.63, 3.8) is 0 Å². The molecule has 2 aromatic carbocycles. The number of benzene rings is 2. The minimum absolute atomic E-state index is 0.142. The number of fused-ring (bicyclic) bond motifs is 1. The third-order valence-electron chi connectivity index (χ3n) is 4.23. The molecule has 2 aromatic heterocycles. The summed E-state index contributed by atoms with van der Waals surface area (Å²) in [5.74, 6) is 3.72. The maximum Gasteiger partial charge on any atom is 0.282 e. The quantitative estimate of drug-likeness (QED) is 0.277. The minimum atomic E-state index is -0.753. The van der Waals surface area contributed by atoms with E-state index in [9.17, 15) is 18.4 Å². The first kappa shape index (κ1) is 20.0. The van der Waals surface area contributed by atoms with Gasteiger partial charge in [-0.25, -0.2) is 18.4 Å². The van der Waals surface area contributed by atoms with Crippen molar-refractivity contribution in [3.05, 3.63) is 75.9 Å². The Morgan fingerprint density at radius 3 is 2.73 bits per heavy atom. The predicted octanol–water partition coefficient (Wildman–Crippen LogP) is 3.85. The molecule has 30 heavy (non-hydrogen) atoms. The summed E-state index contributed by atoms with van der Waals surface area (Å²) in [6.45, 7) is 0. The van der Waals surface area contributed by atoms with Gasteiger partial charge in [-0.3, -0.25) is 9.59 Å².